The average molecular weight is 265 g/mol. The molecular formula is C13H13ClN2O2. The number of hydrogen-bond acceptors (Lipinski definition) is 3. The van der Waals surface area contributed by atoms with E-state index in [2.05, 4.69) is 6.07 Å². The smallest absolute Gasteiger partial charge is 0.261 e. The van der Waals surface area contributed by atoms with E-state index in [-0.39, 0.29) is 18.6 Å². The molecule has 0 radical (unpaired) electrons. The van der Waals surface area contributed by atoms with Crippen LogP contribution in [0.15, 0.2) is 24.3 Å². The largest absolute Gasteiger partial charge is 0.484 e. The topological polar surface area (TPSA) is 53.3 Å². The highest BCUT2D eigenvalue weighted by Crippen LogP contribution is 2.18. The maximum Gasteiger partial charge on any atom is 0.261 e. The summed E-state index contributed by atoms with van der Waals surface area (Å²) in [7, 11) is 0. The van der Waals surface area contributed by atoms with E-state index in [1.54, 1.807) is 29.2 Å². The fourth-order valence-electron chi connectivity index (χ4n) is 1.96. The van der Waals surface area contributed by atoms with Crippen LogP contribution in [0.25, 0.3) is 0 Å². The van der Waals surface area contributed by atoms with Crippen molar-refractivity contribution in [3.05, 3.63) is 29.3 Å². The molecule has 4 nitrogen and oxygen atoms in total. The van der Waals surface area contributed by atoms with Crippen molar-refractivity contribution >= 4 is 17.5 Å². The summed E-state index contributed by atoms with van der Waals surface area (Å²) in [5.41, 5.74) is 0. The van der Waals surface area contributed by atoms with Crippen molar-refractivity contribution in [3.8, 4) is 11.8 Å². The number of hydrogen-bond donors (Lipinski definition) is 0. The monoisotopic (exact) mass is 264 g/mol. The molecule has 1 aromatic carbocycles. The highest BCUT2D eigenvalue weighted by molar-refractivity contribution is 6.30. The minimum absolute atomic E-state index is 0.0419. The molecule has 1 amide bonds. The van der Waals surface area contributed by atoms with Crippen molar-refractivity contribution in [1.82, 2.24) is 4.90 Å². The molecule has 0 N–H and O–H groups in total. The zero-order valence-corrected chi connectivity index (χ0v) is 10.6. The van der Waals surface area contributed by atoms with Gasteiger partial charge < -0.3 is 9.64 Å². The Hall–Kier alpha value is -1.73. The molecule has 0 spiro atoms. The Morgan fingerprint density at radius 1 is 1.50 bits per heavy atom. The third-order valence-corrected chi connectivity index (χ3v) is 3.15. The van der Waals surface area contributed by atoms with E-state index in [0.717, 1.165) is 12.8 Å². The third kappa shape index (κ3) is 2.93. The SMILES string of the molecule is N#CC1CCCN1C(=O)COc1ccc(Cl)cc1. The van der Waals surface area contributed by atoms with Gasteiger partial charge in [-0.15, -0.1) is 0 Å². The molecule has 1 atom stereocenters. The molecule has 1 saturated heterocycles. The van der Waals surface area contributed by atoms with Crippen molar-refractivity contribution in [3.63, 3.8) is 0 Å². The maximum absolute atomic E-state index is 11.9. The van der Waals surface area contributed by atoms with E-state index in [0.29, 0.717) is 17.3 Å². The second-order valence-electron chi connectivity index (χ2n) is 4.12. The Labute approximate surface area is 111 Å². The Morgan fingerprint density at radius 2 is 2.22 bits per heavy atom. The lowest BCUT2D eigenvalue weighted by Crippen LogP contribution is -2.37. The van der Waals surface area contributed by atoms with Gasteiger partial charge in [0.1, 0.15) is 11.8 Å². The van der Waals surface area contributed by atoms with Crippen molar-refractivity contribution in [2.45, 2.75) is 18.9 Å². The lowest BCUT2D eigenvalue weighted by Gasteiger charge is -2.19. The van der Waals surface area contributed by atoms with E-state index in [1.807, 2.05) is 0 Å². The first-order valence-corrected chi connectivity index (χ1v) is 6.16. The zero-order valence-electron chi connectivity index (χ0n) is 9.80. The zero-order chi connectivity index (χ0) is 13.0. The number of carbonyl (C=O) groups is 1. The van der Waals surface area contributed by atoms with Crippen LogP contribution in [0.1, 0.15) is 12.8 Å². The number of nitrogens with zero attached hydrogens (tertiary/aromatic N) is 2. The molecule has 5 heteroatoms. The number of amides is 1. The summed E-state index contributed by atoms with van der Waals surface area (Å²) in [6.07, 6.45) is 1.63. The first kappa shape index (κ1) is 12.7. The van der Waals surface area contributed by atoms with Crippen LogP contribution in [0.4, 0.5) is 0 Å². The van der Waals surface area contributed by atoms with Crippen LogP contribution in [0.5, 0.6) is 5.75 Å². The molecule has 0 saturated carbocycles. The number of halogens is 1. The molecule has 94 valence electrons. The molecule has 18 heavy (non-hydrogen) atoms. The average Bonchev–Trinajstić information content (AvgIpc) is 2.86. The lowest BCUT2D eigenvalue weighted by molar-refractivity contribution is -0.133. The van der Waals surface area contributed by atoms with Gasteiger partial charge >= 0.3 is 0 Å². The van der Waals surface area contributed by atoms with Crippen molar-refractivity contribution in [2.24, 2.45) is 0 Å². The van der Waals surface area contributed by atoms with Crippen LogP contribution in [-0.4, -0.2) is 30.0 Å². The number of nitriles is 1. The predicted octanol–water partition coefficient (Wildman–Crippen LogP) is 2.23. The quantitative estimate of drug-likeness (QED) is 0.841. The summed E-state index contributed by atoms with van der Waals surface area (Å²) in [5, 5.41) is 9.52. The van der Waals surface area contributed by atoms with Gasteiger partial charge in [-0.25, -0.2) is 0 Å². The summed E-state index contributed by atoms with van der Waals surface area (Å²) in [6.45, 7) is 0.598. The van der Waals surface area contributed by atoms with E-state index >= 15 is 0 Å². The van der Waals surface area contributed by atoms with E-state index < -0.39 is 0 Å². The molecular weight excluding hydrogens is 252 g/mol. The molecule has 1 unspecified atom stereocenters. The van der Waals surface area contributed by atoms with Crippen molar-refractivity contribution in [2.75, 3.05) is 13.2 Å². The van der Waals surface area contributed by atoms with Gasteiger partial charge in [0.15, 0.2) is 6.61 Å². The van der Waals surface area contributed by atoms with Crippen LogP contribution in [0, 0.1) is 11.3 Å². The molecule has 1 aliphatic heterocycles. The number of carbonyl (C=O) groups excluding carboxylic acids is 1. The summed E-state index contributed by atoms with van der Waals surface area (Å²) >= 11 is 5.75. The number of benzene rings is 1. The molecule has 0 bridgehead atoms. The lowest BCUT2D eigenvalue weighted by atomic mass is 10.2. The number of ether oxygens (including phenoxy) is 1. The third-order valence-electron chi connectivity index (χ3n) is 2.90. The highest BCUT2D eigenvalue weighted by atomic mass is 35.5. The van der Waals surface area contributed by atoms with Crippen LogP contribution < -0.4 is 4.74 Å². The standard InChI is InChI=1S/C13H13ClN2O2/c14-10-3-5-12(6-4-10)18-9-13(17)16-7-1-2-11(16)8-15/h3-6,11H,1-2,7,9H2. The fraction of sp³-hybridized carbons (Fsp3) is 0.385. The van der Waals surface area contributed by atoms with Crippen molar-refractivity contribution in [1.29, 1.82) is 5.26 Å². The summed E-state index contributed by atoms with van der Waals surface area (Å²) in [5.74, 6) is 0.453. The number of rotatable bonds is 3. The first-order valence-electron chi connectivity index (χ1n) is 5.78. The van der Waals surface area contributed by atoms with Gasteiger partial charge in [-0.3, -0.25) is 4.79 Å². The molecule has 1 aliphatic rings. The molecule has 1 heterocycles. The minimum Gasteiger partial charge on any atom is -0.484 e. The second kappa shape index (κ2) is 5.74. The maximum atomic E-state index is 11.9. The van der Waals surface area contributed by atoms with Gasteiger partial charge in [0.25, 0.3) is 5.91 Å². The molecule has 0 aromatic heterocycles. The second-order valence-corrected chi connectivity index (χ2v) is 4.55. The molecule has 0 aliphatic carbocycles. The van der Waals surface area contributed by atoms with Crippen LogP contribution in [-0.2, 0) is 4.79 Å². The Balaban J connectivity index is 1.88. The van der Waals surface area contributed by atoms with Gasteiger partial charge in [0.05, 0.1) is 6.07 Å². The van der Waals surface area contributed by atoms with E-state index in [9.17, 15) is 4.79 Å². The minimum atomic E-state index is -0.300. The summed E-state index contributed by atoms with van der Waals surface area (Å²) in [6, 6.07) is 8.66. The van der Waals surface area contributed by atoms with E-state index in [1.165, 1.54) is 0 Å². The molecule has 2 rings (SSSR count). The Morgan fingerprint density at radius 3 is 2.89 bits per heavy atom. The summed E-state index contributed by atoms with van der Waals surface area (Å²) < 4.78 is 5.37. The van der Waals surface area contributed by atoms with Gasteiger partial charge in [0.2, 0.25) is 0 Å². The normalized spacial score (nSPS) is 18.4. The summed E-state index contributed by atoms with van der Waals surface area (Å²) in [4.78, 5) is 13.5. The van der Waals surface area contributed by atoms with Crippen molar-refractivity contribution < 1.29 is 9.53 Å². The van der Waals surface area contributed by atoms with Gasteiger partial charge in [-0.05, 0) is 37.1 Å². The van der Waals surface area contributed by atoms with Gasteiger partial charge in [0, 0.05) is 11.6 Å². The molecule has 1 fully saturated rings. The van der Waals surface area contributed by atoms with Crippen LogP contribution >= 0.6 is 11.6 Å². The predicted molar refractivity (Wildman–Crippen MR) is 67.3 cm³/mol. The highest BCUT2D eigenvalue weighted by Gasteiger charge is 2.28. The van der Waals surface area contributed by atoms with Crippen LogP contribution in [0.3, 0.4) is 0 Å². The fourth-order valence-corrected chi connectivity index (χ4v) is 2.08. The molecule has 1 aromatic rings. The number of likely N-dealkylation sites (tertiary alicyclic amines) is 1. The Bertz CT molecular complexity index is 467. The van der Waals surface area contributed by atoms with Gasteiger partial charge in [-0.2, -0.15) is 5.26 Å². The first-order chi connectivity index (χ1) is 8.70. The van der Waals surface area contributed by atoms with E-state index in [4.69, 9.17) is 21.6 Å². The van der Waals surface area contributed by atoms with Gasteiger partial charge in [-0.1, -0.05) is 11.6 Å². The Kier molecular flexibility index (Phi) is 4.06. The van der Waals surface area contributed by atoms with Crippen LogP contribution in [0.2, 0.25) is 5.02 Å².